The van der Waals surface area contributed by atoms with Crippen LogP contribution < -0.4 is 19.5 Å². The predicted octanol–water partition coefficient (Wildman–Crippen LogP) is 5.65. The number of ether oxygens (including phenoxy) is 3. The molecule has 4 aromatic rings. The van der Waals surface area contributed by atoms with E-state index < -0.39 is 12.1 Å². The van der Waals surface area contributed by atoms with Crippen molar-refractivity contribution in [3.8, 4) is 39.9 Å². The molecule has 4 rings (SSSR count). The molecule has 2 atom stereocenters. The van der Waals surface area contributed by atoms with Crippen LogP contribution >= 0.6 is 0 Å². The van der Waals surface area contributed by atoms with Crippen LogP contribution in [0.1, 0.15) is 28.9 Å². The van der Waals surface area contributed by atoms with Crippen LogP contribution in [0.25, 0.3) is 11.1 Å². The van der Waals surface area contributed by atoms with E-state index in [2.05, 4.69) is 5.32 Å². The topological polar surface area (TPSA) is 117 Å². The molecule has 0 aromatic heterocycles. The second-order valence-electron chi connectivity index (χ2n) is 8.95. The first kappa shape index (κ1) is 27.5. The molecule has 4 N–H and O–H groups in total. The molecule has 4 aromatic carbocycles. The molecule has 0 unspecified atom stereocenters. The smallest absolute Gasteiger partial charge is 0.339 e. The van der Waals surface area contributed by atoms with Crippen molar-refractivity contribution in [1.29, 1.82) is 0 Å². The maximum Gasteiger partial charge on any atom is 0.339 e. The molecule has 0 aliphatic carbocycles. The third-order valence-corrected chi connectivity index (χ3v) is 6.23. The Kier molecular flexibility index (Phi) is 9.04. The van der Waals surface area contributed by atoms with Gasteiger partial charge in [0, 0.05) is 12.6 Å². The number of aliphatic hydroxyl groups is 1. The number of aromatic carboxylic acids is 1. The zero-order valence-corrected chi connectivity index (χ0v) is 21.7. The maximum absolute atomic E-state index is 11.7. The minimum absolute atomic E-state index is 0.0618. The molecule has 8 nitrogen and oxygen atoms in total. The zero-order chi connectivity index (χ0) is 27.8. The van der Waals surface area contributed by atoms with Crippen molar-refractivity contribution in [2.45, 2.75) is 19.1 Å². The Hall–Kier alpha value is -4.53. The second-order valence-corrected chi connectivity index (χ2v) is 8.95. The molecule has 0 heterocycles. The number of hydrogen-bond acceptors (Lipinski definition) is 7. The summed E-state index contributed by atoms with van der Waals surface area (Å²) in [4.78, 5) is 11.7. The van der Waals surface area contributed by atoms with Gasteiger partial charge in [-0.05, 0) is 84.3 Å². The van der Waals surface area contributed by atoms with Gasteiger partial charge in [0.1, 0.15) is 40.9 Å². The molecule has 0 saturated heterocycles. The summed E-state index contributed by atoms with van der Waals surface area (Å²) < 4.78 is 16.9. The first-order valence-electron chi connectivity index (χ1n) is 12.5. The lowest BCUT2D eigenvalue weighted by Crippen LogP contribution is -2.35. The van der Waals surface area contributed by atoms with Gasteiger partial charge < -0.3 is 34.8 Å². The third-order valence-electron chi connectivity index (χ3n) is 6.23. The van der Waals surface area contributed by atoms with E-state index in [1.165, 1.54) is 6.07 Å². The van der Waals surface area contributed by atoms with Gasteiger partial charge >= 0.3 is 5.97 Å². The van der Waals surface area contributed by atoms with Crippen LogP contribution in [0, 0.1) is 0 Å². The summed E-state index contributed by atoms with van der Waals surface area (Å²) in [5.74, 6) is 1.17. The monoisotopic (exact) mass is 529 g/mol. The van der Waals surface area contributed by atoms with Gasteiger partial charge in [-0.25, -0.2) is 4.79 Å². The Bertz CT molecular complexity index is 1370. The van der Waals surface area contributed by atoms with Gasteiger partial charge in [-0.1, -0.05) is 30.3 Å². The molecule has 0 radical (unpaired) electrons. The van der Waals surface area contributed by atoms with Crippen molar-refractivity contribution in [3.05, 3.63) is 102 Å². The van der Waals surface area contributed by atoms with Gasteiger partial charge in [-0.2, -0.15) is 0 Å². The molecule has 0 aliphatic heterocycles. The fraction of sp³-hybridized carbons (Fsp3) is 0.194. The first-order valence-corrected chi connectivity index (χ1v) is 12.5. The molecule has 0 bridgehead atoms. The van der Waals surface area contributed by atoms with Crippen molar-refractivity contribution in [2.75, 3.05) is 20.3 Å². The average Bonchev–Trinajstić information content (AvgIpc) is 2.96. The van der Waals surface area contributed by atoms with E-state index >= 15 is 0 Å². The molecule has 8 heteroatoms. The van der Waals surface area contributed by atoms with Gasteiger partial charge in [-0.3, -0.25) is 0 Å². The minimum Gasteiger partial charge on any atom is -0.508 e. The Morgan fingerprint density at radius 3 is 2.10 bits per heavy atom. The Labute approximate surface area is 227 Å². The first-order chi connectivity index (χ1) is 18.8. The van der Waals surface area contributed by atoms with Gasteiger partial charge in [0.15, 0.2) is 0 Å². The quantitative estimate of drug-likeness (QED) is 0.174. The van der Waals surface area contributed by atoms with E-state index in [0.29, 0.717) is 30.4 Å². The summed E-state index contributed by atoms with van der Waals surface area (Å²) in [6.07, 6.45) is -0.712. The van der Waals surface area contributed by atoms with E-state index in [-0.39, 0.29) is 23.1 Å². The number of phenols is 1. The molecule has 0 aliphatic rings. The maximum atomic E-state index is 11.7. The van der Waals surface area contributed by atoms with Gasteiger partial charge in [0.2, 0.25) is 0 Å². The zero-order valence-electron chi connectivity index (χ0n) is 21.7. The van der Waals surface area contributed by atoms with E-state index in [4.69, 9.17) is 14.2 Å². The SMILES string of the molecule is COc1ccc(Oc2cc(-c3ccc(OCCN[C@H](C)[C@@H](O)c4ccc(O)cc4)cc3)ccc2C(=O)O)cc1. The normalized spacial score (nSPS) is 12.4. The molecular formula is C31H31NO7. The van der Waals surface area contributed by atoms with E-state index in [9.17, 15) is 20.1 Å². The summed E-state index contributed by atoms with van der Waals surface area (Å²) >= 11 is 0. The van der Waals surface area contributed by atoms with Crippen LogP contribution in [0.4, 0.5) is 0 Å². The number of carboxylic acids is 1. The van der Waals surface area contributed by atoms with E-state index in [0.717, 1.165) is 16.7 Å². The number of carboxylic acid groups (broad SMARTS) is 1. The summed E-state index contributed by atoms with van der Waals surface area (Å²) in [5.41, 5.74) is 2.46. The van der Waals surface area contributed by atoms with Crippen LogP contribution in [0.2, 0.25) is 0 Å². The summed E-state index contributed by atoms with van der Waals surface area (Å²) in [5, 5.41) is 32.7. The lowest BCUT2D eigenvalue weighted by molar-refractivity contribution is 0.0694. The summed E-state index contributed by atoms with van der Waals surface area (Å²) in [6.45, 7) is 2.81. The fourth-order valence-corrected chi connectivity index (χ4v) is 4.00. The number of phenolic OH excluding ortho intramolecular Hbond substituents is 1. The Morgan fingerprint density at radius 2 is 1.46 bits per heavy atom. The predicted molar refractivity (Wildman–Crippen MR) is 148 cm³/mol. The molecule has 0 saturated carbocycles. The number of nitrogens with one attached hydrogen (secondary N) is 1. The second kappa shape index (κ2) is 12.8. The van der Waals surface area contributed by atoms with Gasteiger partial charge in [-0.15, -0.1) is 0 Å². The number of hydrogen-bond donors (Lipinski definition) is 4. The highest BCUT2D eigenvalue weighted by molar-refractivity contribution is 5.92. The lowest BCUT2D eigenvalue weighted by Gasteiger charge is -2.21. The highest BCUT2D eigenvalue weighted by Gasteiger charge is 2.16. The summed E-state index contributed by atoms with van der Waals surface area (Å²) in [6, 6.07) is 25.7. The van der Waals surface area contributed by atoms with Crippen molar-refractivity contribution in [3.63, 3.8) is 0 Å². The standard InChI is InChI=1S/C31H31NO7/c1-20(30(34)22-3-8-24(33)9-4-22)32-17-18-38-26-10-5-21(6-11-26)23-7-16-28(31(35)36)29(19-23)39-27-14-12-25(37-2)13-15-27/h3-16,19-20,30,32-34H,17-18H2,1-2H3,(H,35,36)/t20-,30-/m1/s1. The highest BCUT2D eigenvalue weighted by Crippen LogP contribution is 2.32. The number of aromatic hydroxyl groups is 1. The molecule has 0 fully saturated rings. The van der Waals surface area contributed by atoms with Crippen molar-refractivity contribution >= 4 is 5.97 Å². The largest absolute Gasteiger partial charge is 0.508 e. The Balaban J connectivity index is 1.35. The van der Waals surface area contributed by atoms with E-state index in [1.54, 1.807) is 67.8 Å². The molecule has 0 amide bonds. The van der Waals surface area contributed by atoms with Crippen molar-refractivity contribution < 1.29 is 34.3 Å². The highest BCUT2D eigenvalue weighted by atomic mass is 16.5. The number of benzene rings is 4. The minimum atomic E-state index is -1.08. The van der Waals surface area contributed by atoms with Crippen molar-refractivity contribution in [2.24, 2.45) is 0 Å². The third kappa shape index (κ3) is 7.28. The number of carbonyl (C=O) groups is 1. The van der Waals surface area contributed by atoms with Crippen LogP contribution in [0.5, 0.6) is 28.7 Å². The molecular weight excluding hydrogens is 498 g/mol. The van der Waals surface area contributed by atoms with Gasteiger partial charge in [0.25, 0.3) is 0 Å². The van der Waals surface area contributed by atoms with Gasteiger partial charge in [0.05, 0.1) is 13.2 Å². The summed E-state index contributed by atoms with van der Waals surface area (Å²) in [7, 11) is 1.57. The number of rotatable bonds is 12. The molecule has 202 valence electrons. The van der Waals surface area contributed by atoms with E-state index in [1.807, 2.05) is 31.2 Å². The van der Waals surface area contributed by atoms with Crippen molar-refractivity contribution in [1.82, 2.24) is 5.32 Å². The lowest BCUT2D eigenvalue weighted by atomic mass is 10.0. The molecule has 39 heavy (non-hydrogen) atoms. The van der Waals surface area contributed by atoms with Crippen LogP contribution in [-0.2, 0) is 0 Å². The van der Waals surface area contributed by atoms with Crippen LogP contribution in [0.3, 0.4) is 0 Å². The average molecular weight is 530 g/mol. The number of aliphatic hydroxyl groups excluding tert-OH is 1. The van der Waals surface area contributed by atoms with Crippen LogP contribution in [-0.4, -0.2) is 47.6 Å². The Morgan fingerprint density at radius 1 is 0.846 bits per heavy atom. The van der Waals surface area contributed by atoms with Crippen LogP contribution in [0.15, 0.2) is 91.0 Å². The fourth-order valence-electron chi connectivity index (χ4n) is 4.00. The molecule has 0 spiro atoms. The number of methoxy groups -OCH3 is 1.